The van der Waals surface area contributed by atoms with Crippen molar-refractivity contribution in [2.24, 2.45) is 0 Å². The van der Waals surface area contributed by atoms with Crippen LogP contribution < -0.4 is 0 Å². The molecule has 4 nitrogen and oxygen atoms in total. The van der Waals surface area contributed by atoms with Crippen LogP contribution in [0.5, 0.6) is 0 Å². The summed E-state index contributed by atoms with van der Waals surface area (Å²) < 4.78 is 39.4. The summed E-state index contributed by atoms with van der Waals surface area (Å²) in [5, 5.41) is 12.8. The highest BCUT2D eigenvalue weighted by Gasteiger charge is 2.32. The molecule has 2 aromatic rings. The zero-order valence-electron chi connectivity index (χ0n) is 9.15. The van der Waals surface area contributed by atoms with Crippen molar-refractivity contribution < 1.29 is 23.1 Å². The van der Waals surface area contributed by atoms with Gasteiger partial charge in [-0.2, -0.15) is 18.3 Å². The predicted molar refractivity (Wildman–Crippen MR) is 63.2 cm³/mol. The van der Waals surface area contributed by atoms with Crippen molar-refractivity contribution in [1.82, 2.24) is 9.78 Å². The topological polar surface area (TPSA) is 55.1 Å². The number of rotatable bonds is 2. The minimum atomic E-state index is -4.59. The molecule has 1 heterocycles. The standard InChI is InChI=1S/C11H6BrF3N2O2/c12-7-4-16-17(5-7)9-2-1-6(11(13,14)15)3-8(9)10(18)19/h1-5H,(H,18,19). The summed E-state index contributed by atoms with van der Waals surface area (Å²) >= 11 is 3.13. The van der Waals surface area contributed by atoms with Crippen molar-refractivity contribution in [3.05, 3.63) is 46.2 Å². The Labute approximate surface area is 113 Å². The van der Waals surface area contributed by atoms with Crippen molar-refractivity contribution in [1.29, 1.82) is 0 Å². The molecule has 1 aromatic carbocycles. The minimum Gasteiger partial charge on any atom is -0.478 e. The summed E-state index contributed by atoms with van der Waals surface area (Å²) in [7, 11) is 0. The number of aromatic nitrogens is 2. The number of carboxylic acids is 1. The normalized spacial score (nSPS) is 11.6. The number of carboxylic acid groups (broad SMARTS) is 1. The van der Waals surface area contributed by atoms with Gasteiger partial charge >= 0.3 is 12.1 Å². The van der Waals surface area contributed by atoms with Crippen molar-refractivity contribution in [2.75, 3.05) is 0 Å². The zero-order chi connectivity index (χ0) is 14.2. The zero-order valence-corrected chi connectivity index (χ0v) is 10.7. The third-order valence-corrected chi connectivity index (χ3v) is 2.76. The number of aromatic carboxylic acids is 1. The van der Waals surface area contributed by atoms with Crippen molar-refractivity contribution in [3.8, 4) is 5.69 Å². The molecular formula is C11H6BrF3N2O2. The van der Waals surface area contributed by atoms with E-state index < -0.39 is 23.3 Å². The third kappa shape index (κ3) is 2.78. The smallest absolute Gasteiger partial charge is 0.416 e. The molecule has 0 fully saturated rings. The third-order valence-electron chi connectivity index (χ3n) is 2.35. The molecule has 0 spiro atoms. The van der Waals surface area contributed by atoms with E-state index in [1.807, 2.05) is 0 Å². The van der Waals surface area contributed by atoms with Gasteiger partial charge in [-0.15, -0.1) is 0 Å². The fourth-order valence-corrected chi connectivity index (χ4v) is 1.80. The van der Waals surface area contributed by atoms with Gasteiger partial charge in [0.05, 0.1) is 27.5 Å². The van der Waals surface area contributed by atoms with Crippen LogP contribution in [0, 0.1) is 0 Å². The van der Waals surface area contributed by atoms with Crippen LogP contribution in [0.25, 0.3) is 5.69 Å². The van der Waals surface area contributed by atoms with Crippen LogP contribution in [-0.2, 0) is 6.18 Å². The molecule has 0 amide bonds. The quantitative estimate of drug-likeness (QED) is 0.916. The van der Waals surface area contributed by atoms with Gasteiger partial charge in [-0.25, -0.2) is 9.48 Å². The van der Waals surface area contributed by atoms with Crippen LogP contribution in [0.1, 0.15) is 15.9 Å². The molecule has 0 aliphatic carbocycles. The molecule has 19 heavy (non-hydrogen) atoms. The Morgan fingerprint density at radius 1 is 1.37 bits per heavy atom. The van der Waals surface area contributed by atoms with E-state index in [1.54, 1.807) is 0 Å². The molecule has 1 N–H and O–H groups in total. The number of benzene rings is 1. The highest BCUT2D eigenvalue weighted by molar-refractivity contribution is 9.10. The van der Waals surface area contributed by atoms with Crippen molar-refractivity contribution >= 4 is 21.9 Å². The van der Waals surface area contributed by atoms with Crippen LogP contribution >= 0.6 is 15.9 Å². The number of hydrogen-bond acceptors (Lipinski definition) is 2. The molecule has 2 rings (SSSR count). The van der Waals surface area contributed by atoms with Gasteiger partial charge in [0, 0.05) is 6.20 Å². The van der Waals surface area contributed by atoms with Gasteiger partial charge < -0.3 is 5.11 Å². The molecule has 0 atom stereocenters. The highest BCUT2D eigenvalue weighted by atomic mass is 79.9. The van der Waals surface area contributed by atoms with E-state index in [1.165, 1.54) is 17.1 Å². The van der Waals surface area contributed by atoms with Gasteiger partial charge in [-0.05, 0) is 34.1 Å². The summed E-state index contributed by atoms with van der Waals surface area (Å²) in [4.78, 5) is 11.1. The molecule has 1 aromatic heterocycles. The Morgan fingerprint density at radius 3 is 2.53 bits per heavy atom. The Morgan fingerprint density at radius 2 is 2.05 bits per heavy atom. The highest BCUT2D eigenvalue weighted by Crippen LogP contribution is 2.31. The van der Waals surface area contributed by atoms with Crippen LogP contribution in [0.3, 0.4) is 0 Å². The SMILES string of the molecule is O=C(O)c1cc(C(F)(F)F)ccc1-n1cc(Br)cn1. The maximum atomic E-state index is 12.5. The van der Waals surface area contributed by atoms with Crippen LogP contribution in [-0.4, -0.2) is 20.9 Å². The first-order valence-electron chi connectivity index (χ1n) is 4.94. The molecular weight excluding hydrogens is 329 g/mol. The fraction of sp³-hybridized carbons (Fsp3) is 0.0909. The Kier molecular flexibility index (Phi) is 3.36. The lowest BCUT2D eigenvalue weighted by molar-refractivity contribution is -0.137. The first-order valence-corrected chi connectivity index (χ1v) is 5.73. The molecule has 0 aliphatic rings. The summed E-state index contributed by atoms with van der Waals surface area (Å²) in [6, 6.07) is 2.48. The molecule has 0 saturated carbocycles. The number of halogens is 4. The number of carbonyl (C=O) groups is 1. The van der Waals surface area contributed by atoms with Crippen LogP contribution in [0.2, 0.25) is 0 Å². The summed E-state index contributed by atoms with van der Waals surface area (Å²) in [6.07, 6.45) is -1.73. The van der Waals surface area contributed by atoms with Crippen molar-refractivity contribution in [2.45, 2.75) is 6.18 Å². The van der Waals surface area contributed by atoms with Crippen LogP contribution in [0.4, 0.5) is 13.2 Å². The lowest BCUT2D eigenvalue weighted by Crippen LogP contribution is -2.11. The molecule has 0 saturated heterocycles. The van der Waals surface area contributed by atoms with Crippen LogP contribution in [0.15, 0.2) is 35.1 Å². The van der Waals surface area contributed by atoms with E-state index in [-0.39, 0.29) is 5.69 Å². The van der Waals surface area contributed by atoms with Gasteiger partial charge in [0.2, 0.25) is 0 Å². The maximum Gasteiger partial charge on any atom is 0.416 e. The fourth-order valence-electron chi connectivity index (χ4n) is 1.52. The number of hydrogen-bond donors (Lipinski definition) is 1. The number of alkyl halides is 3. The monoisotopic (exact) mass is 334 g/mol. The summed E-state index contributed by atoms with van der Waals surface area (Å²) in [6.45, 7) is 0. The van der Waals surface area contributed by atoms with Gasteiger partial charge in [-0.1, -0.05) is 0 Å². The molecule has 0 aliphatic heterocycles. The largest absolute Gasteiger partial charge is 0.478 e. The van der Waals surface area contributed by atoms with E-state index in [0.717, 1.165) is 12.1 Å². The predicted octanol–water partition coefficient (Wildman–Crippen LogP) is 3.35. The van der Waals surface area contributed by atoms with Gasteiger partial charge in [0.25, 0.3) is 0 Å². The Hall–Kier alpha value is -1.83. The number of nitrogens with zero attached hydrogens (tertiary/aromatic N) is 2. The second-order valence-corrected chi connectivity index (χ2v) is 4.55. The van der Waals surface area contributed by atoms with E-state index in [2.05, 4.69) is 21.0 Å². The van der Waals surface area contributed by atoms with E-state index in [0.29, 0.717) is 10.5 Å². The van der Waals surface area contributed by atoms with E-state index in [4.69, 9.17) is 5.11 Å². The van der Waals surface area contributed by atoms with Crippen molar-refractivity contribution in [3.63, 3.8) is 0 Å². The second kappa shape index (κ2) is 4.69. The van der Waals surface area contributed by atoms with Gasteiger partial charge in [-0.3, -0.25) is 0 Å². The van der Waals surface area contributed by atoms with E-state index in [9.17, 15) is 18.0 Å². The molecule has 0 radical (unpaired) electrons. The molecule has 100 valence electrons. The lowest BCUT2D eigenvalue weighted by atomic mass is 10.1. The van der Waals surface area contributed by atoms with E-state index >= 15 is 0 Å². The Balaban J connectivity index is 2.60. The summed E-state index contributed by atoms with van der Waals surface area (Å²) in [5.74, 6) is -1.45. The first kappa shape index (κ1) is 13.6. The maximum absolute atomic E-state index is 12.5. The van der Waals surface area contributed by atoms with Gasteiger partial charge in [0.1, 0.15) is 0 Å². The first-order chi connectivity index (χ1) is 8.79. The second-order valence-electron chi connectivity index (χ2n) is 3.64. The average Bonchev–Trinajstić information content (AvgIpc) is 2.73. The molecule has 0 unspecified atom stereocenters. The lowest BCUT2D eigenvalue weighted by Gasteiger charge is -2.11. The van der Waals surface area contributed by atoms with Gasteiger partial charge in [0.15, 0.2) is 0 Å². The average molecular weight is 335 g/mol. The molecule has 8 heteroatoms. The molecule has 0 bridgehead atoms. The minimum absolute atomic E-state index is 0.0613. The Bertz CT molecular complexity index is 637. The summed E-state index contributed by atoms with van der Waals surface area (Å²) in [5.41, 5.74) is -1.42.